The third kappa shape index (κ3) is 2.34. The monoisotopic (exact) mass is 322 g/mol. The molecule has 1 aliphatic carbocycles. The molecule has 1 saturated carbocycles. The second kappa shape index (κ2) is 4.89. The van der Waals surface area contributed by atoms with E-state index in [1.807, 2.05) is 24.3 Å². The van der Waals surface area contributed by atoms with E-state index in [2.05, 4.69) is 15.9 Å². The zero-order valence-electron chi connectivity index (χ0n) is 10.4. The number of benzene rings is 1. The number of hydrogen-bond acceptors (Lipinski definition) is 2. The minimum Gasteiger partial charge on any atom is -0.493 e. The summed E-state index contributed by atoms with van der Waals surface area (Å²) in [6, 6.07) is 8.01. The van der Waals surface area contributed by atoms with Gasteiger partial charge in [0.1, 0.15) is 0 Å². The zero-order chi connectivity index (χ0) is 13.4. The van der Waals surface area contributed by atoms with Crippen LogP contribution in [0.25, 0.3) is 0 Å². The topological polar surface area (TPSA) is 47.2 Å². The smallest absolute Gasteiger partial charge is 0.331 e. The quantitative estimate of drug-likeness (QED) is 0.944. The Morgan fingerprint density at radius 3 is 2.53 bits per heavy atom. The van der Waals surface area contributed by atoms with Gasteiger partial charge >= 0.3 is 5.69 Å². The minimum atomic E-state index is -0.120. The maximum absolute atomic E-state index is 12.3. The number of halogens is 1. The number of rotatable bonds is 3. The highest BCUT2D eigenvalue weighted by atomic mass is 79.9. The predicted octanol–water partition coefficient (Wildman–Crippen LogP) is 2.89. The molecule has 1 aromatic carbocycles. The third-order valence-electron chi connectivity index (χ3n) is 3.68. The van der Waals surface area contributed by atoms with E-state index >= 15 is 0 Å². The van der Waals surface area contributed by atoms with Crippen LogP contribution in [-0.4, -0.2) is 14.2 Å². The van der Waals surface area contributed by atoms with Crippen molar-refractivity contribution < 1.29 is 5.11 Å². The molecule has 0 bridgehead atoms. The van der Waals surface area contributed by atoms with Gasteiger partial charge in [-0.3, -0.25) is 9.13 Å². The lowest BCUT2D eigenvalue weighted by Crippen LogP contribution is -2.30. The SMILES string of the molecule is O=c1n(Cc2ccc(Br)cc2)cc(O)n1C1CCC1. The Morgan fingerprint density at radius 1 is 1.26 bits per heavy atom. The molecule has 0 aliphatic heterocycles. The Hall–Kier alpha value is -1.49. The summed E-state index contributed by atoms with van der Waals surface area (Å²) in [5, 5.41) is 9.90. The Balaban J connectivity index is 1.89. The second-order valence-corrected chi connectivity index (χ2v) is 5.89. The molecule has 1 heterocycles. The van der Waals surface area contributed by atoms with Gasteiger partial charge in [-0.05, 0) is 37.0 Å². The minimum absolute atomic E-state index is 0.0758. The Kier molecular flexibility index (Phi) is 3.22. The van der Waals surface area contributed by atoms with Gasteiger partial charge in [-0.15, -0.1) is 0 Å². The lowest BCUT2D eigenvalue weighted by Gasteiger charge is -2.26. The average molecular weight is 323 g/mol. The standard InChI is InChI=1S/C14H15BrN2O2/c15-11-6-4-10(5-7-11)8-16-9-13(18)17(14(16)19)12-2-1-3-12/h4-7,9,12,18H,1-3,8H2. The largest absolute Gasteiger partial charge is 0.493 e. The highest BCUT2D eigenvalue weighted by Crippen LogP contribution is 2.33. The van der Waals surface area contributed by atoms with Crippen LogP contribution in [0.1, 0.15) is 30.9 Å². The molecule has 1 N–H and O–H groups in total. The molecule has 0 unspecified atom stereocenters. The van der Waals surface area contributed by atoms with E-state index in [4.69, 9.17) is 0 Å². The molecule has 0 spiro atoms. The van der Waals surface area contributed by atoms with E-state index in [0.717, 1.165) is 29.3 Å². The van der Waals surface area contributed by atoms with Crippen LogP contribution in [0, 0.1) is 0 Å². The van der Waals surface area contributed by atoms with Crippen LogP contribution in [0.3, 0.4) is 0 Å². The lowest BCUT2D eigenvalue weighted by molar-refractivity contribution is 0.273. The van der Waals surface area contributed by atoms with Crippen molar-refractivity contribution >= 4 is 15.9 Å². The summed E-state index contributed by atoms with van der Waals surface area (Å²) in [6.07, 6.45) is 4.63. The van der Waals surface area contributed by atoms with Gasteiger partial charge in [-0.25, -0.2) is 4.79 Å². The maximum atomic E-state index is 12.3. The van der Waals surface area contributed by atoms with Crippen LogP contribution in [0.5, 0.6) is 5.88 Å². The van der Waals surface area contributed by atoms with Gasteiger partial charge in [0.2, 0.25) is 5.88 Å². The van der Waals surface area contributed by atoms with Gasteiger partial charge in [0.15, 0.2) is 0 Å². The van der Waals surface area contributed by atoms with Gasteiger partial charge in [0.05, 0.1) is 12.7 Å². The van der Waals surface area contributed by atoms with Crippen molar-refractivity contribution in [2.24, 2.45) is 0 Å². The Morgan fingerprint density at radius 2 is 1.95 bits per heavy atom. The molecule has 100 valence electrons. The summed E-state index contributed by atoms with van der Waals surface area (Å²) in [5.74, 6) is 0.0758. The molecule has 1 aromatic heterocycles. The van der Waals surface area contributed by atoms with E-state index in [9.17, 15) is 9.90 Å². The van der Waals surface area contributed by atoms with E-state index in [1.165, 1.54) is 10.8 Å². The summed E-state index contributed by atoms with van der Waals surface area (Å²) >= 11 is 3.38. The van der Waals surface area contributed by atoms with Gasteiger partial charge < -0.3 is 5.11 Å². The van der Waals surface area contributed by atoms with Crippen molar-refractivity contribution in [1.82, 2.24) is 9.13 Å². The predicted molar refractivity (Wildman–Crippen MR) is 76.5 cm³/mol. The molecule has 5 heteroatoms. The molecule has 4 nitrogen and oxygen atoms in total. The summed E-state index contributed by atoms with van der Waals surface area (Å²) < 4.78 is 4.10. The van der Waals surface area contributed by atoms with Crippen molar-refractivity contribution in [3.63, 3.8) is 0 Å². The van der Waals surface area contributed by atoms with Crippen LogP contribution in [-0.2, 0) is 6.54 Å². The number of imidazole rings is 1. The van der Waals surface area contributed by atoms with Gasteiger partial charge in [-0.2, -0.15) is 0 Å². The van der Waals surface area contributed by atoms with Crippen molar-refractivity contribution in [3.05, 3.63) is 51.0 Å². The van der Waals surface area contributed by atoms with Crippen LogP contribution >= 0.6 is 15.9 Å². The fourth-order valence-electron chi connectivity index (χ4n) is 2.38. The maximum Gasteiger partial charge on any atom is 0.331 e. The molecule has 2 aromatic rings. The van der Waals surface area contributed by atoms with E-state index < -0.39 is 0 Å². The van der Waals surface area contributed by atoms with Crippen LogP contribution in [0.2, 0.25) is 0 Å². The molecule has 1 fully saturated rings. The molecule has 3 rings (SSSR count). The molecule has 19 heavy (non-hydrogen) atoms. The first-order valence-corrected chi connectivity index (χ1v) is 7.19. The summed E-state index contributed by atoms with van der Waals surface area (Å²) in [7, 11) is 0. The van der Waals surface area contributed by atoms with Crippen molar-refractivity contribution in [2.75, 3.05) is 0 Å². The number of nitrogens with zero attached hydrogens (tertiary/aromatic N) is 2. The van der Waals surface area contributed by atoms with Crippen LogP contribution < -0.4 is 5.69 Å². The number of aromatic hydroxyl groups is 1. The fourth-order valence-corrected chi connectivity index (χ4v) is 2.65. The first kappa shape index (κ1) is 12.5. The summed E-state index contributed by atoms with van der Waals surface area (Å²) in [5.41, 5.74) is 0.918. The Bertz CT molecular complexity index is 638. The number of aromatic nitrogens is 2. The van der Waals surface area contributed by atoms with E-state index in [-0.39, 0.29) is 17.6 Å². The zero-order valence-corrected chi connectivity index (χ0v) is 12.0. The molecule has 0 radical (unpaired) electrons. The van der Waals surface area contributed by atoms with Crippen molar-refractivity contribution in [1.29, 1.82) is 0 Å². The van der Waals surface area contributed by atoms with E-state index in [0.29, 0.717) is 6.54 Å². The van der Waals surface area contributed by atoms with Gasteiger partial charge in [0.25, 0.3) is 0 Å². The molecular formula is C14H15BrN2O2. The molecule has 0 atom stereocenters. The molecule has 0 saturated heterocycles. The summed E-state index contributed by atoms with van der Waals surface area (Å²) in [4.78, 5) is 12.3. The first-order chi connectivity index (χ1) is 9.15. The normalized spacial score (nSPS) is 15.4. The highest BCUT2D eigenvalue weighted by molar-refractivity contribution is 9.10. The van der Waals surface area contributed by atoms with Crippen molar-refractivity contribution in [3.8, 4) is 5.88 Å². The average Bonchev–Trinajstić information content (AvgIpc) is 2.58. The third-order valence-corrected chi connectivity index (χ3v) is 4.20. The second-order valence-electron chi connectivity index (χ2n) is 4.98. The molecular weight excluding hydrogens is 308 g/mol. The summed E-state index contributed by atoms with van der Waals surface area (Å²) in [6.45, 7) is 0.486. The van der Waals surface area contributed by atoms with Gasteiger partial charge in [0, 0.05) is 10.5 Å². The van der Waals surface area contributed by atoms with Gasteiger partial charge in [-0.1, -0.05) is 28.1 Å². The molecule has 1 aliphatic rings. The van der Waals surface area contributed by atoms with Crippen LogP contribution in [0.4, 0.5) is 0 Å². The number of hydrogen-bond donors (Lipinski definition) is 1. The Labute approximate surface area is 119 Å². The van der Waals surface area contributed by atoms with Crippen LogP contribution in [0.15, 0.2) is 39.7 Å². The first-order valence-electron chi connectivity index (χ1n) is 6.40. The fraction of sp³-hybridized carbons (Fsp3) is 0.357. The molecule has 0 amide bonds. The van der Waals surface area contributed by atoms with Crippen molar-refractivity contribution in [2.45, 2.75) is 31.8 Å². The van der Waals surface area contributed by atoms with E-state index in [1.54, 1.807) is 4.57 Å². The highest BCUT2D eigenvalue weighted by Gasteiger charge is 2.25. The lowest BCUT2D eigenvalue weighted by atomic mass is 9.93.